The molecule has 5 heteroatoms. The molecule has 0 bridgehead atoms. The van der Waals surface area contributed by atoms with E-state index in [1.54, 1.807) is 7.05 Å². The number of hydrogen-bond donors (Lipinski definition) is 2. The summed E-state index contributed by atoms with van der Waals surface area (Å²) >= 11 is 0. The summed E-state index contributed by atoms with van der Waals surface area (Å²) in [6, 6.07) is -0.0933. The number of amides is 1. The van der Waals surface area contributed by atoms with Crippen molar-refractivity contribution < 1.29 is 14.6 Å². The molecule has 1 amide bonds. The van der Waals surface area contributed by atoms with Crippen LogP contribution in [0.5, 0.6) is 0 Å². The topological polar surface area (TPSA) is 75.8 Å². The minimum Gasteiger partial charge on any atom is -0.465 e. The van der Waals surface area contributed by atoms with Gasteiger partial charge in [-0.25, -0.2) is 4.79 Å². The third kappa shape index (κ3) is 3.98. The van der Waals surface area contributed by atoms with Gasteiger partial charge in [-0.05, 0) is 25.2 Å². The first-order chi connectivity index (χ1) is 7.65. The predicted octanol–water partition coefficient (Wildman–Crippen LogP) is 1.13. The Balaban J connectivity index is 2.44. The molecule has 0 radical (unpaired) electrons. The Morgan fingerprint density at radius 2 is 2.38 bits per heavy atom. The lowest BCUT2D eigenvalue weighted by Gasteiger charge is -2.27. The zero-order chi connectivity index (χ0) is 12.0. The maximum atomic E-state index is 10.8. The third-order valence-corrected chi connectivity index (χ3v) is 3.23. The van der Waals surface area contributed by atoms with E-state index in [1.807, 2.05) is 0 Å². The van der Waals surface area contributed by atoms with Crippen molar-refractivity contribution >= 4 is 6.09 Å². The Kier molecular flexibility index (Phi) is 5.55. The molecule has 16 heavy (non-hydrogen) atoms. The average Bonchev–Trinajstić information content (AvgIpc) is 2.53. The molecule has 1 aliphatic heterocycles. The molecule has 2 atom stereocenters. The second-order valence-electron chi connectivity index (χ2n) is 4.46. The molecule has 0 aliphatic carbocycles. The SMILES string of the molecule is CN(C(=O)O)[C@H](CN)C[C@@H]1CCCCOC1. The number of likely N-dealkylation sites (N-methyl/N-ethyl adjacent to an activating group) is 1. The van der Waals surface area contributed by atoms with Gasteiger partial charge in [0.15, 0.2) is 0 Å². The minimum atomic E-state index is -0.912. The number of rotatable bonds is 4. The Labute approximate surface area is 96.6 Å². The van der Waals surface area contributed by atoms with E-state index in [1.165, 1.54) is 11.3 Å². The van der Waals surface area contributed by atoms with Crippen molar-refractivity contribution in [2.75, 3.05) is 26.8 Å². The fourth-order valence-corrected chi connectivity index (χ4v) is 2.11. The maximum absolute atomic E-state index is 10.8. The molecule has 94 valence electrons. The van der Waals surface area contributed by atoms with Gasteiger partial charge in [0.25, 0.3) is 0 Å². The number of carboxylic acid groups (broad SMARTS) is 1. The number of nitrogens with two attached hydrogens (primary N) is 1. The molecule has 0 saturated carbocycles. The molecule has 3 N–H and O–H groups in total. The molecule has 0 spiro atoms. The lowest BCUT2D eigenvalue weighted by atomic mass is 9.95. The molecule has 0 unspecified atom stereocenters. The Morgan fingerprint density at radius 3 is 3.00 bits per heavy atom. The summed E-state index contributed by atoms with van der Waals surface area (Å²) in [4.78, 5) is 12.2. The van der Waals surface area contributed by atoms with E-state index in [2.05, 4.69) is 0 Å². The van der Waals surface area contributed by atoms with Gasteiger partial charge in [-0.3, -0.25) is 0 Å². The van der Waals surface area contributed by atoms with Crippen LogP contribution in [0.25, 0.3) is 0 Å². The van der Waals surface area contributed by atoms with E-state index < -0.39 is 6.09 Å². The molecule has 1 aliphatic rings. The minimum absolute atomic E-state index is 0.0933. The summed E-state index contributed by atoms with van der Waals surface area (Å²) < 4.78 is 5.49. The van der Waals surface area contributed by atoms with Crippen LogP contribution in [0, 0.1) is 5.92 Å². The highest BCUT2D eigenvalue weighted by molar-refractivity contribution is 5.64. The molecular weight excluding hydrogens is 208 g/mol. The van der Waals surface area contributed by atoms with E-state index in [0.29, 0.717) is 12.5 Å². The fraction of sp³-hybridized carbons (Fsp3) is 0.909. The lowest BCUT2D eigenvalue weighted by molar-refractivity contribution is 0.0939. The normalized spacial score (nSPS) is 23.5. The molecule has 0 aromatic heterocycles. The van der Waals surface area contributed by atoms with E-state index in [-0.39, 0.29) is 6.04 Å². The number of carbonyl (C=O) groups is 1. The summed E-state index contributed by atoms with van der Waals surface area (Å²) in [6.45, 7) is 1.95. The van der Waals surface area contributed by atoms with Crippen LogP contribution in [0.1, 0.15) is 25.7 Å². The molecule has 1 fully saturated rings. The Morgan fingerprint density at radius 1 is 1.62 bits per heavy atom. The van der Waals surface area contributed by atoms with E-state index >= 15 is 0 Å². The monoisotopic (exact) mass is 230 g/mol. The first-order valence-electron chi connectivity index (χ1n) is 5.88. The second-order valence-corrected chi connectivity index (χ2v) is 4.46. The predicted molar refractivity (Wildman–Crippen MR) is 61.4 cm³/mol. The summed E-state index contributed by atoms with van der Waals surface area (Å²) in [5, 5.41) is 8.91. The molecule has 1 rings (SSSR count). The van der Waals surface area contributed by atoms with Crippen molar-refractivity contribution in [3.05, 3.63) is 0 Å². The van der Waals surface area contributed by atoms with Crippen LogP contribution in [0.3, 0.4) is 0 Å². The number of nitrogens with zero attached hydrogens (tertiary/aromatic N) is 1. The Hall–Kier alpha value is -0.810. The molecular formula is C11H22N2O3. The summed E-state index contributed by atoms with van der Waals surface area (Å²) in [5.41, 5.74) is 5.62. The summed E-state index contributed by atoms with van der Waals surface area (Å²) in [6.07, 6.45) is 3.28. The second kappa shape index (κ2) is 6.70. The van der Waals surface area contributed by atoms with Gasteiger partial charge in [-0.1, -0.05) is 6.42 Å². The van der Waals surface area contributed by atoms with Crippen LogP contribution in [-0.4, -0.2) is 48.9 Å². The van der Waals surface area contributed by atoms with Crippen LogP contribution >= 0.6 is 0 Å². The van der Waals surface area contributed by atoms with Gasteiger partial charge in [0, 0.05) is 32.8 Å². The number of hydrogen-bond acceptors (Lipinski definition) is 3. The van der Waals surface area contributed by atoms with E-state index in [0.717, 1.165) is 32.5 Å². The zero-order valence-electron chi connectivity index (χ0n) is 9.89. The first kappa shape index (κ1) is 13.3. The van der Waals surface area contributed by atoms with Crippen LogP contribution < -0.4 is 5.73 Å². The highest BCUT2D eigenvalue weighted by Crippen LogP contribution is 2.20. The van der Waals surface area contributed by atoms with E-state index in [9.17, 15) is 4.79 Å². The molecule has 1 heterocycles. The van der Waals surface area contributed by atoms with Crippen LogP contribution in [-0.2, 0) is 4.74 Å². The van der Waals surface area contributed by atoms with Crippen molar-refractivity contribution in [3.63, 3.8) is 0 Å². The number of ether oxygens (including phenoxy) is 1. The van der Waals surface area contributed by atoms with Crippen LogP contribution in [0.15, 0.2) is 0 Å². The fourth-order valence-electron chi connectivity index (χ4n) is 2.11. The maximum Gasteiger partial charge on any atom is 0.407 e. The Bertz CT molecular complexity index is 215. The van der Waals surface area contributed by atoms with Crippen molar-refractivity contribution in [1.82, 2.24) is 4.90 Å². The lowest BCUT2D eigenvalue weighted by Crippen LogP contribution is -2.42. The summed E-state index contributed by atoms with van der Waals surface area (Å²) in [5.74, 6) is 0.442. The van der Waals surface area contributed by atoms with E-state index in [4.69, 9.17) is 15.6 Å². The molecule has 5 nitrogen and oxygen atoms in total. The molecule has 1 saturated heterocycles. The quantitative estimate of drug-likeness (QED) is 0.759. The van der Waals surface area contributed by atoms with Crippen molar-refractivity contribution in [1.29, 1.82) is 0 Å². The molecule has 0 aromatic carbocycles. The van der Waals surface area contributed by atoms with Crippen molar-refractivity contribution in [2.24, 2.45) is 11.7 Å². The van der Waals surface area contributed by atoms with Gasteiger partial charge in [-0.2, -0.15) is 0 Å². The third-order valence-electron chi connectivity index (χ3n) is 3.23. The van der Waals surface area contributed by atoms with Gasteiger partial charge in [0.05, 0.1) is 0 Å². The van der Waals surface area contributed by atoms with Gasteiger partial charge >= 0.3 is 6.09 Å². The van der Waals surface area contributed by atoms with Crippen molar-refractivity contribution in [3.8, 4) is 0 Å². The van der Waals surface area contributed by atoms with Crippen LogP contribution in [0.2, 0.25) is 0 Å². The highest BCUT2D eigenvalue weighted by atomic mass is 16.5. The van der Waals surface area contributed by atoms with Gasteiger partial charge in [-0.15, -0.1) is 0 Å². The zero-order valence-corrected chi connectivity index (χ0v) is 9.89. The highest BCUT2D eigenvalue weighted by Gasteiger charge is 2.23. The van der Waals surface area contributed by atoms with Gasteiger partial charge < -0.3 is 20.5 Å². The average molecular weight is 230 g/mol. The largest absolute Gasteiger partial charge is 0.465 e. The smallest absolute Gasteiger partial charge is 0.407 e. The first-order valence-corrected chi connectivity index (χ1v) is 5.88. The van der Waals surface area contributed by atoms with Crippen LogP contribution in [0.4, 0.5) is 4.79 Å². The van der Waals surface area contributed by atoms with Crippen molar-refractivity contribution in [2.45, 2.75) is 31.7 Å². The molecule has 0 aromatic rings. The standard InChI is InChI=1S/C11H22N2O3/c1-13(11(14)15)10(7-12)6-9-4-2-3-5-16-8-9/h9-10H,2-8,12H2,1H3,(H,14,15)/t9-,10-/m0/s1. The van der Waals surface area contributed by atoms with Gasteiger partial charge in [0.1, 0.15) is 0 Å². The summed E-state index contributed by atoms with van der Waals surface area (Å²) in [7, 11) is 1.58. The van der Waals surface area contributed by atoms with Gasteiger partial charge in [0.2, 0.25) is 0 Å².